The summed E-state index contributed by atoms with van der Waals surface area (Å²) in [4.78, 5) is 5.23. The SMILES string of the molecule is OC(C1=CCC(N(Cc2ccccc2)Cc2ccccc2)(N(Cc2ccccc2)Cc2ccccc2)C=C1)c1ccccc1. The minimum absolute atomic E-state index is 0.461. The molecule has 0 heterocycles. The van der Waals surface area contributed by atoms with E-state index in [2.05, 4.69) is 149 Å². The lowest BCUT2D eigenvalue weighted by Crippen LogP contribution is -2.58. The Morgan fingerprint density at radius 1 is 0.500 bits per heavy atom. The van der Waals surface area contributed by atoms with E-state index >= 15 is 0 Å². The predicted octanol–water partition coefficient (Wildman–Crippen LogP) is 8.71. The van der Waals surface area contributed by atoms with Gasteiger partial charge in [-0.2, -0.15) is 0 Å². The first kappa shape index (κ1) is 29.5. The molecule has 0 saturated carbocycles. The van der Waals surface area contributed by atoms with Crippen molar-refractivity contribution >= 4 is 0 Å². The largest absolute Gasteiger partial charge is 0.384 e. The van der Waals surface area contributed by atoms with E-state index in [0.29, 0.717) is 0 Å². The summed E-state index contributed by atoms with van der Waals surface area (Å²) in [6, 6.07) is 53.0. The van der Waals surface area contributed by atoms with Gasteiger partial charge in [-0.3, -0.25) is 9.80 Å². The van der Waals surface area contributed by atoms with E-state index in [1.807, 2.05) is 30.3 Å². The molecule has 220 valence electrons. The summed E-state index contributed by atoms with van der Waals surface area (Å²) in [6.07, 6.45) is 6.84. The van der Waals surface area contributed by atoms with Gasteiger partial charge in [0, 0.05) is 32.6 Å². The van der Waals surface area contributed by atoms with Gasteiger partial charge in [-0.1, -0.05) is 164 Å². The van der Waals surface area contributed by atoms with Crippen LogP contribution in [0.1, 0.15) is 40.3 Å². The summed E-state index contributed by atoms with van der Waals surface area (Å²) in [7, 11) is 0. The molecular formula is C41H40N2O. The van der Waals surface area contributed by atoms with Crippen LogP contribution in [0, 0.1) is 0 Å². The van der Waals surface area contributed by atoms with Crippen molar-refractivity contribution in [2.75, 3.05) is 0 Å². The van der Waals surface area contributed by atoms with Crippen LogP contribution in [0.15, 0.2) is 175 Å². The van der Waals surface area contributed by atoms with Crippen molar-refractivity contribution in [3.8, 4) is 0 Å². The Bertz CT molecular complexity index is 1460. The normalized spacial score (nSPS) is 14.8. The maximum atomic E-state index is 11.4. The van der Waals surface area contributed by atoms with Crippen molar-refractivity contribution < 1.29 is 5.11 Å². The molecule has 0 amide bonds. The van der Waals surface area contributed by atoms with Gasteiger partial charge in [-0.25, -0.2) is 0 Å². The third-order valence-corrected chi connectivity index (χ3v) is 8.57. The highest BCUT2D eigenvalue weighted by molar-refractivity contribution is 5.38. The number of hydrogen-bond acceptors (Lipinski definition) is 3. The third-order valence-electron chi connectivity index (χ3n) is 8.57. The van der Waals surface area contributed by atoms with Crippen molar-refractivity contribution in [2.45, 2.75) is 44.4 Å². The zero-order chi connectivity index (χ0) is 30.0. The zero-order valence-corrected chi connectivity index (χ0v) is 25.1. The summed E-state index contributed by atoms with van der Waals surface area (Å²) in [5.74, 6) is 0. The van der Waals surface area contributed by atoms with Crippen LogP contribution in [-0.2, 0) is 26.2 Å². The highest BCUT2D eigenvalue weighted by Crippen LogP contribution is 2.39. The molecule has 6 rings (SSSR count). The van der Waals surface area contributed by atoms with E-state index in [4.69, 9.17) is 0 Å². The number of nitrogens with zero attached hydrogens (tertiary/aromatic N) is 2. The molecule has 5 aromatic rings. The highest BCUT2D eigenvalue weighted by atomic mass is 16.3. The van der Waals surface area contributed by atoms with E-state index < -0.39 is 11.8 Å². The van der Waals surface area contributed by atoms with E-state index in [1.165, 1.54) is 22.3 Å². The number of hydrogen-bond donors (Lipinski definition) is 1. The van der Waals surface area contributed by atoms with Gasteiger partial charge in [0.15, 0.2) is 0 Å². The Hall–Kier alpha value is -4.54. The van der Waals surface area contributed by atoms with Gasteiger partial charge in [0.2, 0.25) is 0 Å². The average Bonchev–Trinajstić information content (AvgIpc) is 3.10. The molecule has 1 aliphatic rings. The second-order valence-electron chi connectivity index (χ2n) is 11.6. The first-order valence-electron chi connectivity index (χ1n) is 15.5. The lowest BCUT2D eigenvalue weighted by Gasteiger charge is -2.51. The Labute approximate surface area is 262 Å². The van der Waals surface area contributed by atoms with E-state index in [9.17, 15) is 5.11 Å². The van der Waals surface area contributed by atoms with Gasteiger partial charge < -0.3 is 5.11 Å². The summed E-state index contributed by atoms with van der Waals surface area (Å²) in [5, 5.41) is 11.4. The first-order chi connectivity index (χ1) is 21.7. The third kappa shape index (κ3) is 7.15. The number of aliphatic hydroxyl groups is 1. The van der Waals surface area contributed by atoms with Crippen LogP contribution in [-0.4, -0.2) is 20.6 Å². The molecule has 1 unspecified atom stereocenters. The van der Waals surface area contributed by atoms with Gasteiger partial charge in [0.05, 0.1) is 5.66 Å². The minimum atomic E-state index is -0.668. The topological polar surface area (TPSA) is 26.7 Å². The summed E-state index contributed by atoms with van der Waals surface area (Å²) in [6.45, 7) is 3.13. The molecule has 0 spiro atoms. The molecule has 0 aliphatic heterocycles. The van der Waals surface area contributed by atoms with Crippen LogP contribution >= 0.6 is 0 Å². The van der Waals surface area contributed by atoms with Gasteiger partial charge in [-0.15, -0.1) is 0 Å². The van der Waals surface area contributed by atoms with Crippen LogP contribution in [0.2, 0.25) is 0 Å². The standard InChI is InChI=1S/C41H40N2O/c44-40(38-24-14-5-15-25-38)39-26-28-41(29-27-39,42(30-34-16-6-1-7-17-34)31-35-18-8-2-9-19-35)43(32-36-20-10-3-11-21-36)33-37-22-12-4-13-23-37/h1-28,40,44H,29-33H2. The Balaban J connectivity index is 1.45. The second kappa shape index (κ2) is 14.3. The fourth-order valence-corrected chi connectivity index (χ4v) is 6.21. The van der Waals surface area contributed by atoms with Crippen LogP contribution < -0.4 is 0 Å². The molecule has 1 atom stereocenters. The van der Waals surface area contributed by atoms with Crippen molar-refractivity contribution in [3.05, 3.63) is 203 Å². The molecule has 0 bridgehead atoms. The molecule has 0 radical (unpaired) electrons. The molecule has 44 heavy (non-hydrogen) atoms. The Kier molecular flexibility index (Phi) is 9.59. The quantitative estimate of drug-likeness (QED) is 0.151. The molecule has 1 N–H and O–H groups in total. The van der Waals surface area contributed by atoms with Crippen molar-refractivity contribution in [1.82, 2.24) is 9.80 Å². The molecule has 0 fully saturated rings. The fraction of sp³-hybridized carbons (Fsp3) is 0.171. The van der Waals surface area contributed by atoms with Crippen molar-refractivity contribution in [2.24, 2.45) is 0 Å². The monoisotopic (exact) mass is 576 g/mol. The molecule has 0 saturated heterocycles. The van der Waals surface area contributed by atoms with Gasteiger partial charge in [-0.05, 0) is 39.5 Å². The van der Waals surface area contributed by atoms with Crippen molar-refractivity contribution in [1.29, 1.82) is 0 Å². The summed E-state index contributed by atoms with van der Waals surface area (Å²) >= 11 is 0. The van der Waals surface area contributed by atoms with Gasteiger partial charge in [0.25, 0.3) is 0 Å². The van der Waals surface area contributed by atoms with Crippen LogP contribution in [0.5, 0.6) is 0 Å². The van der Waals surface area contributed by atoms with Crippen LogP contribution in [0.3, 0.4) is 0 Å². The Morgan fingerprint density at radius 2 is 0.841 bits per heavy atom. The summed E-state index contributed by atoms with van der Waals surface area (Å²) < 4.78 is 0. The van der Waals surface area contributed by atoms with Crippen molar-refractivity contribution in [3.63, 3.8) is 0 Å². The molecule has 3 heteroatoms. The maximum Gasteiger partial charge on any atom is 0.104 e. The van der Waals surface area contributed by atoms with Crippen LogP contribution in [0.25, 0.3) is 0 Å². The molecular weight excluding hydrogens is 536 g/mol. The smallest absolute Gasteiger partial charge is 0.104 e. The number of aliphatic hydroxyl groups excluding tert-OH is 1. The Morgan fingerprint density at radius 3 is 1.16 bits per heavy atom. The zero-order valence-electron chi connectivity index (χ0n) is 25.1. The lowest BCUT2D eigenvalue weighted by molar-refractivity contribution is -0.0452. The molecule has 5 aromatic carbocycles. The number of rotatable bonds is 12. The summed E-state index contributed by atoms with van der Waals surface area (Å²) in [5.41, 5.74) is 6.48. The minimum Gasteiger partial charge on any atom is -0.384 e. The molecule has 0 aromatic heterocycles. The fourth-order valence-electron chi connectivity index (χ4n) is 6.21. The average molecular weight is 577 g/mol. The molecule has 3 nitrogen and oxygen atoms in total. The lowest BCUT2D eigenvalue weighted by atomic mass is 9.87. The van der Waals surface area contributed by atoms with Gasteiger partial charge >= 0.3 is 0 Å². The van der Waals surface area contributed by atoms with E-state index in [1.54, 1.807) is 0 Å². The number of benzene rings is 5. The first-order valence-corrected chi connectivity index (χ1v) is 15.5. The van der Waals surface area contributed by atoms with Gasteiger partial charge in [0.1, 0.15) is 6.10 Å². The molecule has 1 aliphatic carbocycles. The maximum absolute atomic E-state index is 11.4. The second-order valence-corrected chi connectivity index (χ2v) is 11.6. The predicted molar refractivity (Wildman–Crippen MR) is 180 cm³/mol. The van der Waals surface area contributed by atoms with E-state index in [0.717, 1.165) is 43.7 Å². The van der Waals surface area contributed by atoms with Crippen LogP contribution in [0.4, 0.5) is 0 Å². The van der Waals surface area contributed by atoms with E-state index in [-0.39, 0.29) is 0 Å². The highest BCUT2D eigenvalue weighted by Gasteiger charge is 2.41.